The van der Waals surface area contributed by atoms with Crippen LogP contribution in [0.2, 0.25) is 0 Å². The number of phosphoric acid groups is 2. The standard InChI is InChI=1S/C48H81N3O17P2/c1-3-5-7-9-11-12-13-14-15-16-17-18-19-23-28-32-44(55)66-38(35-63-43(54)31-27-24-20-22-26-30-40(53)39(52)29-25-21-10-8-6-4-2)36-64-69(59,60)68-70(61,62)65-37-41-45(56)46(57)47(67-41)51-34-33-42(49)50-48(51)58/h5,7,11-12,14-15,21,25,33-34,38-41,45-47,52-53,56-57H,3-4,6,8-10,13,16-20,22-24,26-32,35-37H2,1-2H3,(H,59,60)(H,61,62)(H2,49,50,58)/b7-5-,12-11-,15-14-,25-21-/t38-,39-,40-,41-,45-,46-,47-/m1/s1. The van der Waals surface area contributed by atoms with E-state index in [4.69, 9.17) is 29.0 Å². The number of anilines is 1. The van der Waals surface area contributed by atoms with Crippen LogP contribution >= 0.6 is 15.6 Å². The van der Waals surface area contributed by atoms with Crippen LogP contribution in [0.5, 0.6) is 0 Å². The highest BCUT2D eigenvalue weighted by molar-refractivity contribution is 7.61. The van der Waals surface area contributed by atoms with Gasteiger partial charge in [0.1, 0.15) is 30.7 Å². The molecule has 1 aromatic rings. The van der Waals surface area contributed by atoms with Crippen LogP contribution in [0.3, 0.4) is 0 Å². The predicted octanol–water partition coefficient (Wildman–Crippen LogP) is 7.72. The van der Waals surface area contributed by atoms with Crippen molar-refractivity contribution >= 4 is 33.4 Å². The molecular formula is C48H81N3O17P2. The number of ether oxygens (including phenoxy) is 3. The van der Waals surface area contributed by atoms with E-state index in [-0.39, 0.29) is 18.7 Å². The van der Waals surface area contributed by atoms with E-state index in [9.17, 15) is 53.7 Å². The van der Waals surface area contributed by atoms with Gasteiger partial charge in [-0.3, -0.25) is 23.2 Å². The first kappa shape index (κ1) is 62.8. The van der Waals surface area contributed by atoms with E-state index in [0.29, 0.717) is 38.5 Å². The van der Waals surface area contributed by atoms with E-state index in [1.54, 1.807) is 0 Å². The Morgan fingerprint density at radius 3 is 2.01 bits per heavy atom. The Bertz CT molecular complexity index is 1900. The van der Waals surface area contributed by atoms with Crippen LogP contribution in [0, 0.1) is 0 Å². The number of aliphatic hydroxyl groups is 4. The van der Waals surface area contributed by atoms with E-state index in [0.717, 1.165) is 101 Å². The zero-order valence-electron chi connectivity index (χ0n) is 41.0. The highest BCUT2D eigenvalue weighted by Gasteiger charge is 2.46. The van der Waals surface area contributed by atoms with Gasteiger partial charge < -0.3 is 50.2 Å². The van der Waals surface area contributed by atoms with E-state index >= 15 is 0 Å². The Hall–Kier alpha value is -3.36. The molecule has 9 atom stereocenters. The Balaban J connectivity index is 1.85. The van der Waals surface area contributed by atoms with Crippen molar-refractivity contribution in [2.45, 2.75) is 198 Å². The van der Waals surface area contributed by atoms with Crippen LogP contribution in [-0.4, -0.2) is 108 Å². The lowest BCUT2D eigenvalue weighted by atomic mass is 10.0. The maximum Gasteiger partial charge on any atom is 0.481 e. The number of hydrogen-bond acceptors (Lipinski definition) is 17. The van der Waals surface area contributed by atoms with Crippen LogP contribution in [0.1, 0.15) is 161 Å². The fourth-order valence-electron chi connectivity index (χ4n) is 7.11. The molecule has 22 heteroatoms. The van der Waals surface area contributed by atoms with Crippen molar-refractivity contribution in [1.82, 2.24) is 9.55 Å². The third kappa shape index (κ3) is 28.6. The van der Waals surface area contributed by atoms with Crippen LogP contribution in [0.4, 0.5) is 5.82 Å². The summed E-state index contributed by atoms with van der Waals surface area (Å²) in [5, 5.41) is 41.4. The van der Waals surface area contributed by atoms with Gasteiger partial charge in [0, 0.05) is 19.0 Å². The van der Waals surface area contributed by atoms with Gasteiger partial charge in [-0.15, -0.1) is 0 Å². The Kier molecular flexibility index (Phi) is 32.8. The molecule has 1 aliphatic heterocycles. The zero-order valence-corrected chi connectivity index (χ0v) is 42.8. The third-order valence-electron chi connectivity index (χ3n) is 11.1. The molecule has 0 amide bonds. The highest BCUT2D eigenvalue weighted by Crippen LogP contribution is 2.60. The van der Waals surface area contributed by atoms with Gasteiger partial charge in [0.2, 0.25) is 0 Å². The molecule has 0 radical (unpaired) electrons. The molecule has 1 aromatic heterocycles. The molecule has 2 heterocycles. The molecule has 0 aliphatic carbocycles. The average molecular weight is 1030 g/mol. The van der Waals surface area contributed by atoms with Crippen LogP contribution in [-0.2, 0) is 46.3 Å². The van der Waals surface area contributed by atoms with Crippen molar-refractivity contribution in [1.29, 1.82) is 0 Å². The number of nitrogens with zero attached hydrogens (tertiary/aromatic N) is 2. The van der Waals surface area contributed by atoms with Crippen LogP contribution < -0.4 is 11.4 Å². The molecule has 0 aromatic carbocycles. The number of allylic oxidation sites excluding steroid dienone is 7. The summed E-state index contributed by atoms with van der Waals surface area (Å²) in [5.74, 6) is -1.44. The normalized spacial score (nSPS) is 20.6. The Morgan fingerprint density at radius 2 is 1.34 bits per heavy atom. The first-order chi connectivity index (χ1) is 33.5. The van der Waals surface area contributed by atoms with Crippen LogP contribution in [0.15, 0.2) is 65.7 Å². The second kappa shape index (κ2) is 36.5. The first-order valence-electron chi connectivity index (χ1n) is 24.8. The molecule has 2 unspecified atom stereocenters. The van der Waals surface area contributed by atoms with Crippen molar-refractivity contribution in [2.24, 2.45) is 0 Å². The van der Waals surface area contributed by atoms with Crippen molar-refractivity contribution in [2.75, 3.05) is 25.6 Å². The van der Waals surface area contributed by atoms with Gasteiger partial charge >= 0.3 is 33.3 Å². The maximum atomic E-state index is 12.8. The molecule has 400 valence electrons. The van der Waals surface area contributed by atoms with Gasteiger partial charge in [0.05, 0.1) is 25.4 Å². The number of nitrogens with two attached hydrogens (primary N) is 1. The topological polar surface area (TPSA) is 306 Å². The first-order valence-corrected chi connectivity index (χ1v) is 27.8. The van der Waals surface area contributed by atoms with Crippen LogP contribution in [0.25, 0.3) is 0 Å². The highest BCUT2D eigenvalue weighted by atomic mass is 31.3. The van der Waals surface area contributed by atoms with E-state index in [1.165, 1.54) is 6.07 Å². The summed E-state index contributed by atoms with van der Waals surface area (Å²) in [6.07, 6.45) is 25.0. The number of rotatable bonds is 40. The maximum absolute atomic E-state index is 12.8. The van der Waals surface area contributed by atoms with Gasteiger partial charge in [-0.25, -0.2) is 13.9 Å². The monoisotopic (exact) mass is 1030 g/mol. The summed E-state index contributed by atoms with van der Waals surface area (Å²) in [5.41, 5.74) is 4.57. The number of carbonyl (C=O) groups excluding carboxylic acids is 2. The molecule has 1 saturated heterocycles. The predicted molar refractivity (Wildman–Crippen MR) is 264 cm³/mol. The molecule has 1 fully saturated rings. The van der Waals surface area contributed by atoms with Crippen molar-refractivity contribution in [3.8, 4) is 0 Å². The van der Waals surface area contributed by atoms with Gasteiger partial charge in [0.25, 0.3) is 0 Å². The molecule has 2 rings (SSSR count). The molecule has 20 nitrogen and oxygen atoms in total. The summed E-state index contributed by atoms with van der Waals surface area (Å²) in [6, 6.07) is 1.24. The lowest BCUT2D eigenvalue weighted by molar-refractivity contribution is -0.161. The van der Waals surface area contributed by atoms with Crippen molar-refractivity contribution in [3.05, 3.63) is 71.4 Å². The Morgan fingerprint density at radius 1 is 0.757 bits per heavy atom. The van der Waals surface area contributed by atoms with Gasteiger partial charge in [-0.05, 0) is 76.7 Å². The number of carbonyl (C=O) groups is 2. The number of hydrogen-bond donors (Lipinski definition) is 7. The molecule has 0 saturated carbocycles. The molecule has 0 spiro atoms. The minimum absolute atomic E-state index is 0.00260. The quantitative estimate of drug-likeness (QED) is 0.0143. The molecular weight excluding hydrogens is 952 g/mol. The summed E-state index contributed by atoms with van der Waals surface area (Å²) >= 11 is 0. The number of aromatic nitrogens is 2. The van der Waals surface area contributed by atoms with Gasteiger partial charge in [-0.2, -0.15) is 9.29 Å². The second-order valence-corrected chi connectivity index (χ2v) is 20.3. The summed E-state index contributed by atoms with van der Waals surface area (Å²) in [4.78, 5) is 61.9. The fourth-order valence-corrected chi connectivity index (χ4v) is 9.22. The number of aliphatic hydroxyl groups excluding tert-OH is 4. The number of phosphoric ester groups is 2. The summed E-state index contributed by atoms with van der Waals surface area (Å²) in [6.45, 7) is 1.81. The van der Waals surface area contributed by atoms with Crippen molar-refractivity contribution < 1.29 is 76.5 Å². The van der Waals surface area contributed by atoms with E-state index < -0.39 is 95.9 Å². The SMILES string of the molecule is CC/C=C\C/C=C\C/C=C\CCCCCCCC(=O)O[C@H](COC(=O)CCCCCCC[C@@H](O)[C@H](O)C/C=C\CCCCC)COP(=O)(O)OP(=O)(O)OC[C@H]1O[C@@H](n2ccc(N)nc2=O)[C@H](O)[C@@H]1O. The second-order valence-electron chi connectivity index (χ2n) is 17.2. The zero-order chi connectivity index (χ0) is 51.6. The van der Waals surface area contributed by atoms with Gasteiger partial charge in [0.15, 0.2) is 12.3 Å². The molecule has 0 bridgehead atoms. The number of unbranched alkanes of at least 4 members (excludes halogenated alkanes) is 12. The van der Waals surface area contributed by atoms with Crippen molar-refractivity contribution in [3.63, 3.8) is 0 Å². The minimum Gasteiger partial charge on any atom is -0.462 e. The van der Waals surface area contributed by atoms with E-state index in [1.807, 2.05) is 12.2 Å². The molecule has 1 aliphatic rings. The van der Waals surface area contributed by atoms with Gasteiger partial charge in [-0.1, -0.05) is 120 Å². The molecule has 8 N–H and O–H groups in total. The fraction of sp³-hybridized carbons (Fsp3) is 0.708. The number of esters is 2. The lowest BCUT2D eigenvalue weighted by Gasteiger charge is -2.21. The largest absolute Gasteiger partial charge is 0.481 e. The minimum atomic E-state index is -5.46. The third-order valence-corrected chi connectivity index (χ3v) is 13.7. The smallest absolute Gasteiger partial charge is 0.462 e. The Labute approximate surface area is 413 Å². The average Bonchev–Trinajstić information content (AvgIpc) is 3.59. The summed E-state index contributed by atoms with van der Waals surface area (Å²) in [7, 11) is -10.9. The summed E-state index contributed by atoms with van der Waals surface area (Å²) < 4.78 is 56.6. The molecule has 70 heavy (non-hydrogen) atoms. The van der Waals surface area contributed by atoms with E-state index in [2.05, 4.69) is 59.6 Å². The lowest BCUT2D eigenvalue weighted by Crippen LogP contribution is -2.36. The number of nitrogen functional groups attached to an aromatic ring is 1.